The highest BCUT2D eigenvalue weighted by Gasteiger charge is 2.33. The van der Waals surface area contributed by atoms with Crippen LogP contribution in [0.3, 0.4) is 0 Å². The number of aromatic nitrogens is 4. The van der Waals surface area contributed by atoms with E-state index >= 15 is 0 Å². The van der Waals surface area contributed by atoms with Crippen LogP contribution in [-0.4, -0.2) is 81.9 Å². The molecule has 10 nitrogen and oxygen atoms in total. The van der Waals surface area contributed by atoms with Crippen molar-refractivity contribution in [3.63, 3.8) is 0 Å². The molecule has 0 amide bonds. The van der Waals surface area contributed by atoms with Crippen LogP contribution in [0.1, 0.15) is 6.42 Å². The molecule has 1 aliphatic heterocycles. The van der Waals surface area contributed by atoms with Gasteiger partial charge in [-0.3, -0.25) is 4.68 Å². The second-order valence-corrected chi connectivity index (χ2v) is 8.38. The molecule has 2 unspecified atom stereocenters. The Labute approximate surface area is 160 Å². The molecular formula is C17H34N10+2. The minimum Gasteiger partial charge on any atom is -0.394 e. The summed E-state index contributed by atoms with van der Waals surface area (Å²) in [5.74, 6) is 0.978. The van der Waals surface area contributed by atoms with Crippen molar-refractivity contribution in [1.29, 1.82) is 0 Å². The fourth-order valence-corrected chi connectivity index (χ4v) is 3.82. The van der Waals surface area contributed by atoms with Gasteiger partial charge >= 0.3 is 0 Å². The van der Waals surface area contributed by atoms with E-state index in [1.54, 1.807) is 6.20 Å². The minimum absolute atomic E-state index is 0.413. The zero-order valence-electron chi connectivity index (χ0n) is 16.5. The Kier molecular flexibility index (Phi) is 5.20. The SMILES string of the molecule is C[N+]1(CCn2cc(N)c(N)n2)CCC[N+](C)(CCn2ncc(N)c2N)CC1. The summed E-state index contributed by atoms with van der Waals surface area (Å²) in [6.07, 6.45) is 4.63. The smallest absolute Gasteiger partial charge is 0.168 e. The maximum Gasteiger partial charge on any atom is 0.168 e. The highest BCUT2D eigenvalue weighted by molar-refractivity contribution is 5.57. The van der Waals surface area contributed by atoms with Gasteiger partial charge in [-0.05, 0) is 0 Å². The molecule has 2 atom stereocenters. The Morgan fingerprint density at radius 1 is 0.926 bits per heavy atom. The van der Waals surface area contributed by atoms with E-state index in [0.717, 1.165) is 61.3 Å². The molecule has 150 valence electrons. The first-order valence-corrected chi connectivity index (χ1v) is 9.52. The lowest BCUT2D eigenvalue weighted by atomic mass is 10.3. The maximum atomic E-state index is 5.98. The highest BCUT2D eigenvalue weighted by Crippen LogP contribution is 2.18. The molecule has 0 saturated carbocycles. The number of hydrogen-bond acceptors (Lipinski definition) is 6. The number of quaternary nitrogens is 2. The molecule has 1 aliphatic rings. The van der Waals surface area contributed by atoms with Crippen LogP contribution in [0.15, 0.2) is 12.4 Å². The van der Waals surface area contributed by atoms with Gasteiger partial charge in [-0.25, -0.2) is 4.68 Å². The lowest BCUT2D eigenvalue weighted by Gasteiger charge is -2.35. The van der Waals surface area contributed by atoms with Gasteiger partial charge in [-0.1, -0.05) is 0 Å². The van der Waals surface area contributed by atoms with Gasteiger partial charge < -0.3 is 31.9 Å². The van der Waals surface area contributed by atoms with Crippen molar-refractivity contribution >= 4 is 23.0 Å². The van der Waals surface area contributed by atoms with E-state index in [9.17, 15) is 0 Å². The first-order chi connectivity index (χ1) is 12.7. The predicted octanol–water partition coefficient (Wildman–Crippen LogP) is -0.594. The molecule has 2 aromatic rings. The Balaban J connectivity index is 1.55. The van der Waals surface area contributed by atoms with E-state index in [4.69, 9.17) is 22.9 Å². The molecule has 1 saturated heterocycles. The molecule has 3 rings (SSSR count). The van der Waals surface area contributed by atoms with E-state index in [-0.39, 0.29) is 0 Å². The Bertz CT molecular complexity index is 761. The summed E-state index contributed by atoms with van der Waals surface area (Å²) in [5, 5.41) is 8.55. The van der Waals surface area contributed by atoms with E-state index in [2.05, 4.69) is 24.3 Å². The summed E-state index contributed by atoms with van der Waals surface area (Å²) < 4.78 is 5.72. The molecule has 2 aromatic heterocycles. The summed E-state index contributed by atoms with van der Waals surface area (Å²) >= 11 is 0. The van der Waals surface area contributed by atoms with Gasteiger partial charge in [-0.15, -0.1) is 0 Å². The van der Waals surface area contributed by atoms with Gasteiger partial charge in [0.15, 0.2) is 5.82 Å². The normalized spacial score (nSPS) is 26.1. The molecule has 0 spiro atoms. The standard InChI is InChI=1S/C17H34N10/c1-26(8-4-24-13-15(19)16(20)23-24)6-3-7-27(2,11-10-26)9-5-25-17(21)14(18)12-22-25/h12-13H,3-11,18-19,21H2,1-2H3,(H2,20,23)/q+2. The van der Waals surface area contributed by atoms with Crippen LogP contribution >= 0.6 is 0 Å². The summed E-state index contributed by atoms with van der Waals surface area (Å²) in [6, 6.07) is 0. The second kappa shape index (κ2) is 7.28. The van der Waals surface area contributed by atoms with Crippen molar-refractivity contribution in [3.05, 3.63) is 12.4 Å². The molecular weight excluding hydrogens is 344 g/mol. The van der Waals surface area contributed by atoms with Crippen molar-refractivity contribution in [2.45, 2.75) is 19.5 Å². The van der Waals surface area contributed by atoms with Gasteiger partial charge in [-0.2, -0.15) is 10.2 Å². The van der Waals surface area contributed by atoms with Crippen molar-refractivity contribution in [3.8, 4) is 0 Å². The Morgan fingerprint density at radius 2 is 1.56 bits per heavy atom. The van der Waals surface area contributed by atoms with E-state index in [1.807, 2.05) is 15.6 Å². The van der Waals surface area contributed by atoms with Crippen molar-refractivity contribution in [2.75, 3.05) is 76.3 Å². The van der Waals surface area contributed by atoms with Crippen molar-refractivity contribution < 1.29 is 8.97 Å². The summed E-state index contributed by atoms with van der Waals surface area (Å²) in [5.41, 5.74) is 24.4. The zero-order chi connectivity index (χ0) is 19.7. The largest absolute Gasteiger partial charge is 0.394 e. The molecule has 0 aromatic carbocycles. The quantitative estimate of drug-likeness (QED) is 0.495. The third kappa shape index (κ3) is 4.45. The van der Waals surface area contributed by atoms with Crippen LogP contribution in [0, 0.1) is 0 Å². The summed E-state index contributed by atoms with van der Waals surface area (Å²) in [4.78, 5) is 0. The Morgan fingerprint density at radius 3 is 2.07 bits per heavy atom. The number of nitrogen functional groups attached to an aromatic ring is 4. The fraction of sp³-hybridized carbons (Fsp3) is 0.647. The third-order valence-corrected chi connectivity index (χ3v) is 6.03. The van der Waals surface area contributed by atoms with Crippen LogP contribution in [0.4, 0.5) is 23.0 Å². The number of anilines is 4. The monoisotopic (exact) mass is 378 g/mol. The minimum atomic E-state index is 0.413. The average molecular weight is 379 g/mol. The predicted molar refractivity (Wildman–Crippen MR) is 108 cm³/mol. The molecule has 0 aliphatic carbocycles. The number of rotatable bonds is 6. The molecule has 1 fully saturated rings. The topological polar surface area (TPSA) is 140 Å². The number of nitrogens with zero attached hydrogens (tertiary/aromatic N) is 6. The first kappa shape index (κ1) is 19.3. The van der Waals surface area contributed by atoms with E-state index in [1.165, 1.54) is 6.42 Å². The summed E-state index contributed by atoms with van der Waals surface area (Å²) in [6.45, 7) is 8.19. The maximum absolute atomic E-state index is 5.98. The molecule has 0 radical (unpaired) electrons. The van der Waals surface area contributed by atoms with Crippen LogP contribution in [0.5, 0.6) is 0 Å². The lowest BCUT2D eigenvalue weighted by Crippen LogP contribution is -2.52. The van der Waals surface area contributed by atoms with E-state index < -0.39 is 0 Å². The number of likely N-dealkylation sites (N-methyl/N-ethyl adjacent to an activating group) is 2. The van der Waals surface area contributed by atoms with Crippen LogP contribution in [0.2, 0.25) is 0 Å². The van der Waals surface area contributed by atoms with E-state index in [0.29, 0.717) is 23.0 Å². The summed E-state index contributed by atoms with van der Waals surface area (Å²) in [7, 11) is 4.66. The molecule has 10 heteroatoms. The van der Waals surface area contributed by atoms with Crippen LogP contribution in [0.25, 0.3) is 0 Å². The van der Waals surface area contributed by atoms with Crippen LogP contribution < -0.4 is 22.9 Å². The van der Waals surface area contributed by atoms with Gasteiger partial charge in [0.2, 0.25) is 0 Å². The number of hydrogen-bond donors (Lipinski definition) is 4. The van der Waals surface area contributed by atoms with Crippen LogP contribution in [-0.2, 0) is 13.1 Å². The highest BCUT2D eigenvalue weighted by atomic mass is 15.4. The van der Waals surface area contributed by atoms with Gasteiger partial charge in [0.1, 0.15) is 18.9 Å². The second-order valence-electron chi connectivity index (χ2n) is 8.38. The first-order valence-electron chi connectivity index (χ1n) is 9.52. The molecule has 3 heterocycles. The Hall–Kier alpha value is -2.46. The number of nitrogens with two attached hydrogens (primary N) is 4. The van der Waals surface area contributed by atoms with Gasteiger partial charge in [0.25, 0.3) is 0 Å². The lowest BCUT2D eigenvalue weighted by molar-refractivity contribution is -0.946. The van der Waals surface area contributed by atoms with Gasteiger partial charge in [0.05, 0.1) is 77.1 Å². The van der Waals surface area contributed by atoms with Crippen molar-refractivity contribution in [1.82, 2.24) is 19.6 Å². The molecule has 0 bridgehead atoms. The van der Waals surface area contributed by atoms with Gasteiger partial charge in [0, 0.05) is 6.42 Å². The molecule has 27 heavy (non-hydrogen) atoms. The third-order valence-electron chi connectivity index (χ3n) is 6.03. The van der Waals surface area contributed by atoms with Crippen molar-refractivity contribution in [2.24, 2.45) is 0 Å². The zero-order valence-corrected chi connectivity index (χ0v) is 16.5. The fourth-order valence-electron chi connectivity index (χ4n) is 3.82. The molecule has 8 N–H and O–H groups in total. The average Bonchev–Trinajstić information content (AvgIpc) is 3.06.